The van der Waals surface area contributed by atoms with Crippen LogP contribution in [-0.4, -0.2) is 123 Å². The van der Waals surface area contributed by atoms with E-state index in [9.17, 15) is 57.9 Å². The molecule has 2 unspecified atom stereocenters. The average molecular weight is 900 g/mol. The highest BCUT2D eigenvalue weighted by Gasteiger charge is 2.50. The largest absolute Gasteiger partial charge is 0.481 e. The van der Waals surface area contributed by atoms with E-state index in [1.807, 2.05) is 31.2 Å². The van der Waals surface area contributed by atoms with E-state index in [1.54, 1.807) is 0 Å². The third-order valence-corrected chi connectivity index (χ3v) is 12.3. The number of nitrogens with one attached hydrogen (secondary N) is 2. The monoisotopic (exact) mass is 899 g/mol. The minimum absolute atomic E-state index is 0.0297. The van der Waals surface area contributed by atoms with Crippen LogP contribution < -0.4 is 16.4 Å². The molecule has 7 atom stereocenters. The van der Waals surface area contributed by atoms with Gasteiger partial charge in [0.25, 0.3) is 0 Å². The van der Waals surface area contributed by atoms with E-state index in [0.717, 1.165) is 40.1 Å². The summed E-state index contributed by atoms with van der Waals surface area (Å²) in [5.74, 6) is -1.13. The van der Waals surface area contributed by atoms with E-state index in [-0.39, 0.29) is 48.0 Å². The number of carbonyl (C=O) groups is 3. The van der Waals surface area contributed by atoms with Gasteiger partial charge in [0, 0.05) is 37.1 Å². The zero-order valence-corrected chi connectivity index (χ0v) is 34.6. The number of phosphoric ester groups is 3. The normalized spacial score (nSPS) is 21.3. The number of thioether (sulfide) groups is 1. The molecule has 0 spiro atoms. The van der Waals surface area contributed by atoms with Crippen LogP contribution in [-0.2, 0) is 57.1 Å². The summed E-state index contributed by atoms with van der Waals surface area (Å²) in [7, 11) is -16.4. The van der Waals surface area contributed by atoms with Gasteiger partial charge in [0.15, 0.2) is 22.8 Å². The maximum absolute atomic E-state index is 12.7. The quantitative estimate of drug-likeness (QED) is 0.0510. The van der Waals surface area contributed by atoms with Crippen LogP contribution in [0.3, 0.4) is 0 Å². The molecule has 58 heavy (non-hydrogen) atoms. The highest BCUT2D eigenvalue weighted by atomic mass is 32.2. The summed E-state index contributed by atoms with van der Waals surface area (Å²) in [5, 5.41) is 26.4. The average Bonchev–Trinajstić information content (AvgIpc) is 3.69. The van der Waals surface area contributed by atoms with E-state index in [4.69, 9.17) is 19.5 Å². The lowest BCUT2D eigenvalue weighted by Gasteiger charge is -2.30. The second-order valence-electron chi connectivity index (χ2n) is 13.4. The standard InChI is InChI=1S/C30H44N7O17P3S/c1-17-6-4-5-7-18(17)12-21(39)58-11-10-32-20(38)8-9-33-28(42)25(41)30(2,3)14-51-57(48,49)54-56(46,47)50-13-19-24(53-55(43,44)45)23(40)29(52-19)37-16-36-22-26(31)34-15-35-27(22)37/h4-7,15-16,19,23-25,29,40-41H,8-14H2,1-3H3,(H,32,38)(H,33,42)(H,46,47)(H,48,49)(H2,31,34,35)(H2,43,44,45)/t19-,23-,24-,25+,29-/m1/s1. The number of nitrogens with zero attached hydrogens (tertiary/aromatic N) is 4. The molecule has 3 heterocycles. The number of nitrogen functional groups attached to an aromatic ring is 1. The van der Waals surface area contributed by atoms with Gasteiger partial charge in [0.05, 0.1) is 19.5 Å². The topological polar surface area (TPSA) is 364 Å². The summed E-state index contributed by atoms with van der Waals surface area (Å²) >= 11 is 1.07. The lowest BCUT2D eigenvalue weighted by Crippen LogP contribution is -2.46. The van der Waals surface area contributed by atoms with Gasteiger partial charge in [-0.25, -0.2) is 28.6 Å². The number of carbonyl (C=O) groups excluding carboxylic acids is 3. The van der Waals surface area contributed by atoms with Crippen molar-refractivity contribution in [3.63, 3.8) is 0 Å². The summed E-state index contributed by atoms with van der Waals surface area (Å²) in [6, 6.07) is 7.51. The maximum Gasteiger partial charge on any atom is 0.481 e. The maximum atomic E-state index is 12.7. The first-order chi connectivity index (χ1) is 27.0. The third kappa shape index (κ3) is 13.7. The molecule has 0 bridgehead atoms. The number of aliphatic hydroxyl groups is 2. The first-order valence-electron chi connectivity index (χ1n) is 17.1. The number of ether oxygens (including phenoxy) is 1. The fraction of sp³-hybridized carbons (Fsp3) is 0.533. The number of aryl methyl sites for hydroxylation is 1. The number of benzene rings is 1. The van der Waals surface area contributed by atoms with Crippen molar-refractivity contribution in [2.24, 2.45) is 5.41 Å². The molecule has 1 aromatic carbocycles. The highest BCUT2D eigenvalue weighted by Crippen LogP contribution is 2.61. The third-order valence-electron chi connectivity index (χ3n) is 8.36. The minimum atomic E-state index is -5.57. The molecule has 0 radical (unpaired) electrons. The van der Waals surface area contributed by atoms with Gasteiger partial charge in [-0.3, -0.25) is 32.5 Å². The van der Waals surface area contributed by atoms with Crippen molar-refractivity contribution in [1.82, 2.24) is 30.2 Å². The molecule has 0 aliphatic carbocycles. The van der Waals surface area contributed by atoms with Crippen molar-refractivity contribution in [2.45, 2.75) is 64.3 Å². The van der Waals surface area contributed by atoms with E-state index in [0.29, 0.717) is 5.75 Å². The van der Waals surface area contributed by atoms with Gasteiger partial charge in [-0.2, -0.15) is 4.31 Å². The molecule has 2 amide bonds. The number of rotatable bonds is 21. The Hall–Kier alpha value is -3.22. The molecule has 10 N–H and O–H groups in total. The molecular formula is C30H44N7O17P3S. The Morgan fingerprint density at radius 1 is 1.03 bits per heavy atom. The number of fused-ring (bicyclic) bond motifs is 1. The number of hydrogen-bond donors (Lipinski definition) is 9. The van der Waals surface area contributed by atoms with Gasteiger partial charge in [-0.05, 0) is 18.1 Å². The molecule has 322 valence electrons. The van der Waals surface area contributed by atoms with Gasteiger partial charge in [-0.1, -0.05) is 49.9 Å². The van der Waals surface area contributed by atoms with Crippen LogP contribution in [0.15, 0.2) is 36.9 Å². The van der Waals surface area contributed by atoms with E-state index >= 15 is 0 Å². The summed E-state index contributed by atoms with van der Waals surface area (Å²) < 4.78 is 62.2. The summed E-state index contributed by atoms with van der Waals surface area (Å²) in [4.78, 5) is 88.0. The van der Waals surface area contributed by atoms with Crippen molar-refractivity contribution < 1.29 is 80.5 Å². The molecule has 24 nitrogen and oxygen atoms in total. The van der Waals surface area contributed by atoms with Gasteiger partial charge < -0.3 is 50.9 Å². The number of phosphoric acid groups is 3. The summed E-state index contributed by atoms with van der Waals surface area (Å²) in [5.41, 5.74) is 6.18. The molecule has 3 aromatic rings. The molecular weight excluding hydrogens is 855 g/mol. The van der Waals surface area contributed by atoms with Crippen molar-refractivity contribution >= 4 is 69.1 Å². The summed E-state index contributed by atoms with van der Waals surface area (Å²) in [6.45, 7) is 2.38. The Kier molecular flexibility index (Phi) is 16.3. The Labute approximate surface area is 334 Å². The zero-order chi connectivity index (χ0) is 43.1. The van der Waals surface area contributed by atoms with E-state index in [2.05, 4.69) is 34.4 Å². The number of anilines is 1. The Morgan fingerprint density at radius 3 is 2.41 bits per heavy atom. The molecule has 1 fully saturated rings. The van der Waals surface area contributed by atoms with Crippen LogP contribution in [0.25, 0.3) is 11.2 Å². The van der Waals surface area contributed by atoms with Crippen LogP contribution >= 0.6 is 35.2 Å². The number of hydrogen-bond acceptors (Lipinski definition) is 18. The van der Waals surface area contributed by atoms with Crippen molar-refractivity contribution in [2.75, 3.05) is 37.8 Å². The second-order valence-corrected chi connectivity index (χ2v) is 18.8. The zero-order valence-electron chi connectivity index (χ0n) is 31.1. The van der Waals surface area contributed by atoms with Crippen LogP contribution in [0.2, 0.25) is 0 Å². The number of amides is 2. The van der Waals surface area contributed by atoms with Crippen molar-refractivity contribution in [3.05, 3.63) is 48.0 Å². The fourth-order valence-corrected chi connectivity index (χ4v) is 8.83. The second kappa shape index (κ2) is 19.9. The van der Waals surface area contributed by atoms with E-state index in [1.165, 1.54) is 13.8 Å². The van der Waals surface area contributed by atoms with Crippen LogP contribution in [0.1, 0.15) is 37.6 Å². The minimum Gasteiger partial charge on any atom is -0.386 e. The molecule has 0 saturated carbocycles. The lowest BCUT2D eigenvalue weighted by molar-refractivity contribution is -0.137. The van der Waals surface area contributed by atoms with Crippen molar-refractivity contribution in [3.8, 4) is 0 Å². The molecule has 1 aliphatic heterocycles. The van der Waals surface area contributed by atoms with Crippen LogP contribution in [0.4, 0.5) is 5.82 Å². The van der Waals surface area contributed by atoms with Gasteiger partial charge in [0.1, 0.15) is 36.3 Å². The molecule has 1 saturated heterocycles. The lowest BCUT2D eigenvalue weighted by atomic mass is 9.87. The molecule has 1 aliphatic rings. The number of aliphatic hydroxyl groups excluding tert-OH is 2. The molecule has 2 aromatic heterocycles. The molecule has 4 rings (SSSR count). The van der Waals surface area contributed by atoms with E-state index < -0.39 is 84.6 Å². The first kappa shape index (κ1) is 47.5. The fourth-order valence-electron chi connectivity index (χ4n) is 5.31. The van der Waals surface area contributed by atoms with Crippen molar-refractivity contribution in [1.29, 1.82) is 0 Å². The smallest absolute Gasteiger partial charge is 0.386 e. The predicted octanol–water partition coefficient (Wildman–Crippen LogP) is 0.216. The predicted molar refractivity (Wildman–Crippen MR) is 202 cm³/mol. The number of nitrogens with two attached hydrogens (primary N) is 1. The number of aromatic nitrogens is 4. The molecule has 28 heteroatoms. The number of imidazole rings is 1. The first-order valence-corrected chi connectivity index (χ1v) is 22.6. The summed E-state index contributed by atoms with van der Waals surface area (Å²) in [6.07, 6.45) is -6.67. The SMILES string of the molecule is Cc1ccccc1CC(=O)SCCNC(=O)CCNC(=O)[C@H](O)C(C)(C)COP(=O)(O)OP(=O)(O)OC[C@H]1O[C@@H](n2cnc3c(N)ncnc32)[C@H](O)[C@@H]1OP(=O)(O)O. The van der Waals surface area contributed by atoms with Crippen LogP contribution in [0.5, 0.6) is 0 Å². The Bertz CT molecular complexity index is 2090. The highest BCUT2D eigenvalue weighted by molar-refractivity contribution is 8.13. The van der Waals surface area contributed by atoms with Gasteiger partial charge in [-0.15, -0.1) is 0 Å². The van der Waals surface area contributed by atoms with Gasteiger partial charge >= 0.3 is 23.5 Å². The Balaban J connectivity index is 1.21. The van der Waals surface area contributed by atoms with Gasteiger partial charge in [0.2, 0.25) is 11.8 Å². The Morgan fingerprint density at radius 2 is 1.72 bits per heavy atom. The van der Waals surface area contributed by atoms with Crippen LogP contribution in [0, 0.1) is 12.3 Å².